The molecular formula is C20H24N2O2. The van der Waals surface area contributed by atoms with Gasteiger partial charge in [0.25, 0.3) is 0 Å². The molecule has 0 saturated carbocycles. The van der Waals surface area contributed by atoms with E-state index in [9.17, 15) is 4.79 Å². The highest BCUT2D eigenvalue weighted by Gasteiger charge is 2.21. The number of amides is 1. The van der Waals surface area contributed by atoms with Gasteiger partial charge in [-0.3, -0.25) is 9.69 Å². The van der Waals surface area contributed by atoms with Crippen molar-refractivity contribution in [1.29, 1.82) is 0 Å². The predicted molar refractivity (Wildman–Crippen MR) is 94.9 cm³/mol. The van der Waals surface area contributed by atoms with Crippen LogP contribution < -0.4 is 4.74 Å². The molecule has 0 unspecified atom stereocenters. The Morgan fingerprint density at radius 1 is 1.17 bits per heavy atom. The number of nitrogens with zero attached hydrogens (tertiary/aromatic N) is 2. The molecule has 0 radical (unpaired) electrons. The highest BCUT2D eigenvalue weighted by Crippen LogP contribution is 2.19. The zero-order valence-corrected chi connectivity index (χ0v) is 14.4. The zero-order chi connectivity index (χ0) is 16.9. The summed E-state index contributed by atoms with van der Waals surface area (Å²) in [4.78, 5) is 16.6. The SMILES string of the molecule is COc1cccc(CN(C)CC(=O)N2CCc3ccccc3C2)c1. The van der Waals surface area contributed by atoms with Crippen LogP contribution in [0.2, 0.25) is 0 Å². The lowest BCUT2D eigenvalue weighted by Gasteiger charge is -2.30. The molecule has 4 nitrogen and oxygen atoms in total. The number of carbonyl (C=O) groups excluding carboxylic acids is 1. The van der Waals surface area contributed by atoms with Crippen molar-refractivity contribution in [1.82, 2.24) is 9.80 Å². The maximum absolute atomic E-state index is 12.6. The number of ether oxygens (including phenoxy) is 1. The fourth-order valence-corrected chi connectivity index (χ4v) is 3.18. The Balaban J connectivity index is 1.56. The van der Waals surface area contributed by atoms with Gasteiger partial charge in [-0.25, -0.2) is 0 Å². The summed E-state index contributed by atoms with van der Waals surface area (Å²) in [6.45, 7) is 2.69. The third-order valence-corrected chi connectivity index (χ3v) is 4.48. The fraction of sp³-hybridized carbons (Fsp3) is 0.350. The van der Waals surface area contributed by atoms with Gasteiger partial charge in [-0.1, -0.05) is 36.4 Å². The quantitative estimate of drug-likeness (QED) is 0.848. The Morgan fingerprint density at radius 2 is 1.96 bits per heavy atom. The molecule has 1 aliphatic rings. The molecule has 2 aromatic carbocycles. The molecule has 0 bridgehead atoms. The van der Waals surface area contributed by atoms with Crippen LogP contribution in [0.1, 0.15) is 16.7 Å². The van der Waals surface area contributed by atoms with E-state index in [1.165, 1.54) is 11.1 Å². The van der Waals surface area contributed by atoms with Gasteiger partial charge in [-0.05, 0) is 42.3 Å². The van der Waals surface area contributed by atoms with Crippen LogP contribution in [0.3, 0.4) is 0 Å². The van der Waals surface area contributed by atoms with Crippen LogP contribution in [-0.2, 0) is 24.3 Å². The smallest absolute Gasteiger partial charge is 0.237 e. The van der Waals surface area contributed by atoms with E-state index in [1.54, 1.807) is 7.11 Å². The van der Waals surface area contributed by atoms with E-state index in [1.807, 2.05) is 36.2 Å². The molecule has 1 aliphatic heterocycles. The Labute approximate surface area is 143 Å². The molecule has 3 rings (SSSR count). The Hall–Kier alpha value is -2.33. The molecule has 2 aromatic rings. The number of carbonyl (C=O) groups is 1. The van der Waals surface area contributed by atoms with Crippen molar-refractivity contribution in [3.05, 3.63) is 65.2 Å². The maximum Gasteiger partial charge on any atom is 0.237 e. The van der Waals surface area contributed by atoms with Gasteiger partial charge in [-0.15, -0.1) is 0 Å². The van der Waals surface area contributed by atoms with Crippen molar-refractivity contribution in [3.8, 4) is 5.75 Å². The Kier molecular flexibility index (Phi) is 5.16. The molecule has 1 heterocycles. The first-order valence-corrected chi connectivity index (χ1v) is 8.32. The first-order chi connectivity index (χ1) is 11.7. The standard InChI is InChI=1S/C20H24N2O2/c1-21(13-16-6-5-9-19(12-16)24-2)15-20(23)22-11-10-17-7-3-4-8-18(17)14-22/h3-9,12H,10-11,13-15H2,1-2H3. The minimum absolute atomic E-state index is 0.190. The molecule has 0 N–H and O–H groups in total. The van der Waals surface area contributed by atoms with E-state index in [0.717, 1.165) is 37.4 Å². The maximum atomic E-state index is 12.6. The van der Waals surface area contributed by atoms with Gasteiger partial charge in [0.1, 0.15) is 5.75 Å². The summed E-state index contributed by atoms with van der Waals surface area (Å²) in [5, 5.41) is 0. The lowest BCUT2D eigenvalue weighted by molar-refractivity contribution is -0.133. The summed E-state index contributed by atoms with van der Waals surface area (Å²) in [5.41, 5.74) is 3.78. The normalized spacial score (nSPS) is 13.7. The first kappa shape index (κ1) is 16.5. The van der Waals surface area contributed by atoms with Gasteiger partial charge >= 0.3 is 0 Å². The van der Waals surface area contributed by atoms with E-state index in [2.05, 4.69) is 29.2 Å². The van der Waals surface area contributed by atoms with E-state index in [4.69, 9.17) is 4.74 Å². The lowest BCUT2D eigenvalue weighted by Crippen LogP contribution is -2.41. The number of hydrogen-bond acceptors (Lipinski definition) is 3. The van der Waals surface area contributed by atoms with Crippen LogP contribution in [0, 0.1) is 0 Å². The molecule has 24 heavy (non-hydrogen) atoms. The first-order valence-electron chi connectivity index (χ1n) is 8.32. The molecule has 0 atom stereocenters. The van der Waals surface area contributed by atoms with Gasteiger partial charge in [-0.2, -0.15) is 0 Å². The van der Waals surface area contributed by atoms with Crippen LogP contribution in [0.25, 0.3) is 0 Å². The molecule has 0 fully saturated rings. The van der Waals surface area contributed by atoms with E-state index >= 15 is 0 Å². The van der Waals surface area contributed by atoms with Crippen molar-refractivity contribution in [2.24, 2.45) is 0 Å². The van der Waals surface area contributed by atoms with Crippen LogP contribution >= 0.6 is 0 Å². The van der Waals surface area contributed by atoms with Crippen LogP contribution in [0.5, 0.6) is 5.75 Å². The molecule has 0 spiro atoms. The van der Waals surface area contributed by atoms with Gasteiger partial charge in [0.2, 0.25) is 5.91 Å². The summed E-state index contributed by atoms with van der Waals surface area (Å²) in [6.07, 6.45) is 0.946. The van der Waals surface area contributed by atoms with Gasteiger partial charge < -0.3 is 9.64 Å². The summed E-state index contributed by atoms with van der Waals surface area (Å²) < 4.78 is 5.25. The van der Waals surface area contributed by atoms with Crippen LogP contribution in [0.4, 0.5) is 0 Å². The van der Waals surface area contributed by atoms with Gasteiger partial charge in [0.05, 0.1) is 13.7 Å². The van der Waals surface area contributed by atoms with Crippen molar-refractivity contribution in [2.75, 3.05) is 27.2 Å². The van der Waals surface area contributed by atoms with Crippen LogP contribution in [0.15, 0.2) is 48.5 Å². The van der Waals surface area contributed by atoms with Crippen molar-refractivity contribution in [2.45, 2.75) is 19.5 Å². The number of likely N-dealkylation sites (N-methyl/N-ethyl adjacent to an activating group) is 1. The highest BCUT2D eigenvalue weighted by molar-refractivity contribution is 5.78. The number of methoxy groups -OCH3 is 1. The average molecular weight is 324 g/mol. The molecule has 1 amide bonds. The van der Waals surface area contributed by atoms with Crippen molar-refractivity contribution in [3.63, 3.8) is 0 Å². The Morgan fingerprint density at radius 3 is 2.75 bits per heavy atom. The number of rotatable bonds is 5. The summed E-state index contributed by atoms with van der Waals surface area (Å²) in [5.74, 6) is 1.04. The van der Waals surface area contributed by atoms with Crippen molar-refractivity contribution < 1.29 is 9.53 Å². The third kappa shape index (κ3) is 3.95. The van der Waals surface area contributed by atoms with Crippen LogP contribution in [-0.4, -0.2) is 43.0 Å². The molecule has 126 valence electrons. The minimum Gasteiger partial charge on any atom is -0.497 e. The molecule has 0 aromatic heterocycles. The van der Waals surface area contributed by atoms with Crippen molar-refractivity contribution >= 4 is 5.91 Å². The summed E-state index contributed by atoms with van der Waals surface area (Å²) in [7, 11) is 3.65. The molecule has 0 aliphatic carbocycles. The lowest BCUT2D eigenvalue weighted by atomic mass is 10.00. The zero-order valence-electron chi connectivity index (χ0n) is 14.4. The van der Waals surface area contributed by atoms with Gasteiger partial charge in [0, 0.05) is 19.6 Å². The van der Waals surface area contributed by atoms with E-state index in [-0.39, 0.29) is 5.91 Å². The second-order valence-corrected chi connectivity index (χ2v) is 6.36. The molecule has 0 saturated heterocycles. The minimum atomic E-state index is 0.190. The largest absolute Gasteiger partial charge is 0.497 e. The molecular weight excluding hydrogens is 300 g/mol. The van der Waals surface area contributed by atoms with E-state index < -0.39 is 0 Å². The number of benzene rings is 2. The third-order valence-electron chi connectivity index (χ3n) is 4.48. The van der Waals surface area contributed by atoms with Gasteiger partial charge in [0.15, 0.2) is 0 Å². The summed E-state index contributed by atoms with van der Waals surface area (Å²) in [6, 6.07) is 16.4. The predicted octanol–water partition coefficient (Wildman–Crippen LogP) is 2.71. The second-order valence-electron chi connectivity index (χ2n) is 6.36. The average Bonchev–Trinajstić information content (AvgIpc) is 2.61. The highest BCUT2D eigenvalue weighted by atomic mass is 16.5. The molecule has 4 heteroatoms. The monoisotopic (exact) mass is 324 g/mol. The topological polar surface area (TPSA) is 32.8 Å². The van der Waals surface area contributed by atoms with E-state index in [0.29, 0.717) is 6.54 Å². The number of fused-ring (bicyclic) bond motifs is 1. The second kappa shape index (κ2) is 7.49. The fourth-order valence-electron chi connectivity index (χ4n) is 3.18. The summed E-state index contributed by atoms with van der Waals surface area (Å²) >= 11 is 0. The number of hydrogen-bond donors (Lipinski definition) is 0. The Bertz CT molecular complexity index is 714.